The summed E-state index contributed by atoms with van der Waals surface area (Å²) in [5.41, 5.74) is -0.876. The summed E-state index contributed by atoms with van der Waals surface area (Å²) in [7, 11) is 1.36. The summed E-state index contributed by atoms with van der Waals surface area (Å²) in [5, 5.41) is 3.30. The van der Waals surface area contributed by atoms with Gasteiger partial charge >= 0.3 is 11.9 Å². The molecule has 0 aromatic rings. The molecular formula is C14H25NO4. The number of esters is 2. The van der Waals surface area contributed by atoms with E-state index < -0.39 is 5.60 Å². The first-order chi connectivity index (χ1) is 8.68. The van der Waals surface area contributed by atoms with E-state index in [4.69, 9.17) is 4.74 Å². The maximum atomic E-state index is 12.2. The molecule has 5 heteroatoms. The largest absolute Gasteiger partial charge is 0.469 e. The summed E-state index contributed by atoms with van der Waals surface area (Å²) < 4.78 is 10.2. The van der Waals surface area contributed by atoms with Gasteiger partial charge in [0.2, 0.25) is 0 Å². The maximum absolute atomic E-state index is 12.2. The third-order valence-electron chi connectivity index (χ3n) is 3.71. The molecular weight excluding hydrogens is 246 g/mol. The number of carbonyl (C=O) groups is 2. The molecule has 19 heavy (non-hydrogen) atoms. The summed E-state index contributed by atoms with van der Waals surface area (Å²) in [5.74, 6) is -0.609. The molecule has 1 aliphatic heterocycles. The van der Waals surface area contributed by atoms with Crippen molar-refractivity contribution in [3.63, 3.8) is 0 Å². The van der Waals surface area contributed by atoms with Crippen LogP contribution >= 0.6 is 0 Å². The number of nitrogens with one attached hydrogen (secondary N) is 1. The number of carbonyl (C=O) groups excluding carboxylic acids is 2. The lowest BCUT2D eigenvalue weighted by atomic mass is 9.89. The second-order valence-corrected chi connectivity index (χ2v) is 6.25. The number of ether oxygens (including phenoxy) is 2. The third-order valence-corrected chi connectivity index (χ3v) is 3.71. The van der Waals surface area contributed by atoms with E-state index in [1.807, 2.05) is 27.7 Å². The maximum Gasteiger partial charge on any atom is 0.311 e. The fourth-order valence-electron chi connectivity index (χ4n) is 2.33. The first-order valence-corrected chi connectivity index (χ1v) is 6.73. The van der Waals surface area contributed by atoms with E-state index in [2.05, 4.69) is 10.1 Å². The van der Waals surface area contributed by atoms with Crippen LogP contribution in [0, 0.1) is 5.92 Å². The van der Waals surface area contributed by atoms with E-state index in [-0.39, 0.29) is 29.8 Å². The van der Waals surface area contributed by atoms with Crippen LogP contribution in [0.2, 0.25) is 0 Å². The lowest BCUT2D eigenvalue weighted by molar-refractivity contribution is -0.165. The van der Waals surface area contributed by atoms with Crippen molar-refractivity contribution in [1.29, 1.82) is 0 Å². The number of rotatable bonds is 5. The van der Waals surface area contributed by atoms with Crippen molar-refractivity contribution in [2.24, 2.45) is 5.92 Å². The molecule has 0 unspecified atom stereocenters. The van der Waals surface area contributed by atoms with E-state index in [1.54, 1.807) is 0 Å². The molecule has 1 aliphatic rings. The van der Waals surface area contributed by atoms with Crippen molar-refractivity contribution in [3.8, 4) is 0 Å². The molecule has 1 heterocycles. The van der Waals surface area contributed by atoms with Gasteiger partial charge in [0.05, 0.1) is 13.0 Å². The zero-order valence-electron chi connectivity index (χ0n) is 12.5. The molecule has 110 valence electrons. The van der Waals surface area contributed by atoms with Crippen LogP contribution in [0.15, 0.2) is 0 Å². The van der Waals surface area contributed by atoms with Crippen LogP contribution in [0.3, 0.4) is 0 Å². The van der Waals surface area contributed by atoms with Crippen molar-refractivity contribution >= 4 is 11.9 Å². The van der Waals surface area contributed by atoms with Crippen LogP contribution in [0.1, 0.15) is 47.0 Å². The quantitative estimate of drug-likeness (QED) is 0.770. The third kappa shape index (κ3) is 4.49. The molecule has 0 bridgehead atoms. The van der Waals surface area contributed by atoms with Crippen molar-refractivity contribution in [2.75, 3.05) is 13.7 Å². The van der Waals surface area contributed by atoms with E-state index in [1.165, 1.54) is 7.11 Å². The van der Waals surface area contributed by atoms with Gasteiger partial charge in [-0.25, -0.2) is 0 Å². The predicted octanol–water partition coefficient (Wildman–Crippen LogP) is 1.65. The van der Waals surface area contributed by atoms with Crippen LogP contribution < -0.4 is 5.32 Å². The van der Waals surface area contributed by atoms with Gasteiger partial charge in [0.15, 0.2) is 0 Å². The fourth-order valence-corrected chi connectivity index (χ4v) is 2.33. The smallest absolute Gasteiger partial charge is 0.311 e. The molecule has 1 atom stereocenters. The molecule has 0 radical (unpaired) electrons. The molecule has 1 fully saturated rings. The molecule has 0 amide bonds. The highest BCUT2D eigenvalue weighted by molar-refractivity contribution is 5.75. The Labute approximate surface area is 115 Å². The highest BCUT2D eigenvalue weighted by Gasteiger charge is 2.41. The second-order valence-electron chi connectivity index (χ2n) is 6.25. The summed E-state index contributed by atoms with van der Waals surface area (Å²) in [6, 6.07) is 0. The Morgan fingerprint density at radius 1 is 1.37 bits per heavy atom. The van der Waals surface area contributed by atoms with Gasteiger partial charge < -0.3 is 14.8 Å². The van der Waals surface area contributed by atoms with E-state index in [9.17, 15) is 9.59 Å². The molecule has 0 aromatic heterocycles. The zero-order chi connectivity index (χ0) is 14.7. The van der Waals surface area contributed by atoms with Crippen LogP contribution in [0.5, 0.6) is 0 Å². The van der Waals surface area contributed by atoms with Gasteiger partial charge in [0.25, 0.3) is 0 Å². The zero-order valence-corrected chi connectivity index (χ0v) is 12.5. The van der Waals surface area contributed by atoms with Gasteiger partial charge in [-0.1, -0.05) is 0 Å². The van der Waals surface area contributed by atoms with E-state index in [0.29, 0.717) is 6.42 Å². The topological polar surface area (TPSA) is 64.6 Å². The van der Waals surface area contributed by atoms with Gasteiger partial charge in [0.1, 0.15) is 5.60 Å². The van der Waals surface area contributed by atoms with Gasteiger partial charge in [-0.05, 0) is 47.1 Å². The van der Waals surface area contributed by atoms with Gasteiger partial charge in [-0.2, -0.15) is 0 Å². The first kappa shape index (κ1) is 16.0. The molecule has 0 aliphatic carbocycles. The van der Waals surface area contributed by atoms with Crippen molar-refractivity contribution in [2.45, 2.75) is 58.1 Å². The Kier molecular flexibility index (Phi) is 4.96. The monoisotopic (exact) mass is 271 g/mol. The standard InChI is InChI=1S/C14H25NO4/c1-13(2,8-6-11(16)18-5)19-12(17)10-7-9-15-14(10,3)4/h10,15H,6-9H2,1-5H3/t10-/m1/s1. The average molecular weight is 271 g/mol. The number of hydrogen-bond donors (Lipinski definition) is 1. The van der Waals surface area contributed by atoms with Gasteiger partial charge in [-0.15, -0.1) is 0 Å². The summed E-state index contributed by atoms with van der Waals surface area (Å²) in [6.45, 7) is 8.49. The highest BCUT2D eigenvalue weighted by atomic mass is 16.6. The first-order valence-electron chi connectivity index (χ1n) is 6.73. The molecule has 0 aromatic carbocycles. The normalized spacial score (nSPS) is 22.1. The minimum Gasteiger partial charge on any atom is -0.469 e. The Bertz CT molecular complexity index is 349. The summed E-state index contributed by atoms with van der Waals surface area (Å²) in [6.07, 6.45) is 1.51. The Hall–Kier alpha value is -1.10. The van der Waals surface area contributed by atoms with Crippen molar-refractivity contribution < 1.29 is 19.1 Å². The molecule has 1 N–H and O–H groups in total. The van der Waals surface area contributed by atoms with Crippen LogP contribution in [0.25, 0.3) is 0 Å². The van der Waals surface area contributed by atoms with E-state index in [0.717, 1.165) is 13.0 Å². The summed E-state index contributed by atoms with van der Waals surface area (Å²) >= 11 is 0. The second kappa shape index (κ2) is 5.90. The van der Waals surface area contributed by atoms with Gasteiger partial charge in [0, 0.05) is 12.0 Å². The Morgan fingerprint density at radius 2 is 2.00 bits per heavy atom. The van der Waals surface area contributed by atoms with Crippen LogP contribution in [-0.4, -0.2) is 36.7 Å². The molecule has 0 saturated carbocycles. The molecule has 1 saturated heterocycles. The number of hydrogen-bond acceptors (Lipinski definition) is 5. The lowest BCUT2D eigenvalue weighted by Crippen LogP contribution is -2.44. The van der Waals surface area contributed by atoms with E-state index >= 15 is 0 Å². The highest BCUT2D eigenvalue weighted by Crippen LogP contribution is 2.29. The molecule has 0 spiro atoms. The van der Waals surface area contributed by atoms with Crippen LogP contribution in [-0.2, 0) is 19.1 Å². The summed E-state index contributed by atoms with van der Waals surface area (Å²) in [4.78, 5) is 23.3. The molecule has 5 nitrogen and oxygen atoms in total. The van der Waals surface area contributed by atoms with Crippen LogP contribution in [0.4, 0.5) is 0 Å². The Balaban J connectivity index is 2.53. The average Bonchev–Trinajstić information content (AvgIpc) is 2.65. The Morgan fingerprint density at radius 3 is 2.47 bits per heavy atom. The SMILES string of the molecule is COC(=O)CCC(C)(C)OC(=O)[C@H]1CCNC1(C)C. The minimum atomic E-state index is -0.649. The van der Waals surface area contributed by atoms with Gasteiger partial charge in [-0.3, -0.25) is 9.59 Å². The molecule has 1 rings (SSSR count). The fraction of sp³-hybridized carbons (Fsp3) is 0.857. The predicted molar refractivity (Wildman–Crippen MR) is 71.6 cm³/mol. The minimum absolute atomic E-state index is 0.134. The van der Waals surface area contributed by atoms with Crippen molar-refractivity contribution in [1.82, 2.24) is 5.32 Å². The lowest BCUT2D eigenvalue weighted by Gasteiger charge is -2.31. The van der Waals surface area contributed by atoms with Crippen molar-refractivity contribution in [3.05, 3.63) is 0 Å². The number of methoxy groups -OCH3 is 1.